The van der Waals surface area contributed by atoms with Gasteiger partial charge >= 0.3 is 0 Å². The van der Waals surface area contributed by atoms with Crippen LogP contribution in [0.5, 0.6) is 11.5 Å². The Morgan fingerprint density at radius 1 is 1.26 bits per heavy atom. The van der Waals surface area contributed by atoms with Gasteiger partial charge in [-0.15, -0.1) is 0 Å². The van der Waals surface area contributed by atoms with Crippen LogP contribution in [0.1, 0.15) is 11.4 Å². The molecule has 0 spiro atoms. The molecule has 0 fully saturated rings. The minimum atomic E-state index is -0.234. The van der Waals surface area contributed by atoms with Crippen molar-refractivity contribution in [2.24, 2.45) is 5.10 Å². The van der Waals surface area contributed by atoms with E-state index in [-0.39, 0.29) is 11.3 Å². The maximum atomic E-state index is 12.5. The van der Waals surface area contributed by atoms with Crippen LogP contribution in [0, 0.1) is 6.92 Å². The Morgan fingerprint density at radius 2 is 2.04 bits per heavy atom. The lowest BCUT2D eigenvalue weighted by atomic mass is 10.2. The summed E-state index contributed by atoms with van der Waals surface area (Å²) in [4.78, 5) is 16.9. The number of aromatic nitrogens is 2. The molecule has 3 rings (SSSR count). The van der Waals surface area contributed by atoms with Crippen molar-refractivity contribution in [3.05, 3.63) is 64.2 Å². The van der Waals surface area contributed by atoms with E-state index in [4.69, 9.17) is 4.74 Å². The third-order valence-corrected chi connectivity index (χ3v) is 3.44. The van der Waals surface area contributed by atoms with E-state index < -0.39 is 0 Å². The molecule has 0 bridgehead atoms. The van der Waals surface area contributed by atoms with Crippen molar-refractivity contribution in [3.8, 4) is 11.5 Å². The van der Waals surface area contributed by atoms with E-state index >= 15 is 0 Å². The molecule has 0 aliphatic carbocycles. The van der Waals surface area contributed by atoms with E-state index in [0.717, 1.165) is 0 Å². The fourth-order valence-electron chi connectivity index (χ4n) is 2.28. The van der Waals surface area contributed by atoms with Gasteiger partial charge in [-0.05, 0) is 42.8 Å². The van der Waals surface area contributed by atoms with Crippen LogP contribution in [0.15, 0.2) is 52.4 Å². The van der Waals surface area contributed by atoms with Gasteiger partial charge < -0.3 is 9.84 Å². The van der Waals surface area contributed by atoms with Crippen LogP contribution in [-0.2, 0) is 0 Å². The number of benzene rings is 2. The number of para-hydroxylation sites is 1. The van der Waals surface area contributed by atoms with Crippen LogP contribution in [0.25, 0.3) is 10.9 Å². The highest BCUT2D eigenvalue weighted by molar-refractivity contribution is 5.81. The molecule has 0 saturated carbocycles. The molecule has 1 aromatic heterocycles. The smallest absolute Gasteiger partial charge is 0.282 e. The molecule has 6 heteroatoms. The molecule has 0 saturated heterocycles. The second kappa shape index (κ2) is 5.92. The first-order chi connectivity index (χ1) is 11.1. The van der Waals surface area contributed by atoms with Gasteiger partial charge in [0.25, 0.3) is 5.56 Å². The predicted molar refractivity (Wildman–Crippen MR) is 88.4 cm³/mol. The number of aryl methyl sites for hydroxylation is 1. The zero-order chi connectivity index (χ0) is 16.4. The molecule has 0 aliphatic rings. The Hall–Kier alpha value is -3.15. The van der Waals surface area contributed by atoms with Crippen molar-refractivity contribution in [1.82, 2.24) is 9.66 Å². The summed E-state index contributed by atoms with van der Waals surface area (Å²) in [6.07, 6.45) is 1.49. The van der Waals surface area contributed by atoms with Crippen LogP contribution in [0.3, 0.4) is 0 Å². The molecular formula is C17H15N3O3. The summed E-state index contributed by atoms with van der Waals surface area (Å²) >= 11 is 0. The molecule has 116 valence electrons. The van der Waals surface area contributed by atoms with Gasteiger partial charge in [0.2, 0.25) is 0 Å². The lowest BCUT2D eigenvalue weighted by Crippen LogP contribution is -2.20. The van der Waals surface area contributed by atoms with E-state index in [9.17, 15) is 9.90 Å². The summed E-state index contributed by atoms with van der Waals surface area (Å²) in [6.45, 7) is 1.72. The third kappa shape index (κ3) is 2.78. The molecule has 6 nitrogen and oxygen atoms in total. The Morgan fingerprint density at radius 3 is 2.78 bits per heavy atom. The van der Waals surface area contributed by atoms with Gasteiger partial charge in [0.15, 0.2) is 11.5 Å². The molecule has 1 heterocycles. The number of phenols is 1. The lowest BCUT2D eigenvalue weighted by Gasteiger charge is -2.06. The van der Waals surface area contributed by atoms with Crippen molar-refractivity contribution in [2.75, 3.05) is 7.11 Å². The van der Waals surface area contributed by atoms with Crippen LogP contribution in [0.4, 0.5) is 0 Å². The topological polar surface area (TPSA) is 76.7 Å². The van der Waals surface area contributed by atoms with Gasteiger partial charge in [-0.3, -0.25) is 4.79 Å². The van der Waals surface area contributed by atoms with E-state index in [1.165, 1.54) is 24.1 Å². The number of fused-ring (bicyclic) bond motifs is 1. The minimum Gasteiger partial charge on any atom is -0.504 e. The Labute approximate surface area is 132 Å². The Balaban J connectivity index is 2.04. The summed E-state index contributed by atoms with van der Waals surface area (Å²) in [6, 6.07) is 12.0. The number of hydrogen-bond donors (Lipinski definition) is 1. The zero-order valence-electron chi connectivity index (χ0n) is 12.7. The van der Waals surface area contributed by atoms with E-state index in [2.05, 4.69) is 10.1 Å². The number of ether oxygens (including phenoxy) is 1. The van der Waals surface area contributed by atoms with Crippen molar-refractivity contribution in [1.29, 1.82) is 0 Å². The number of phenolic OH excluding ortho intramolecular Hbond substituents is 1. The minimum absolute atomic E-state index is 0.0113. The summed E-state index contributed by atoms with van der Waals surface area (Å²) in [5, 5.41) is 14.5. The Bertz CT molecular complexity index is 961. The van der Waals surface area contributed by atoms with E-state index in [1.54, 1.807) is 37.3 Å². The van der Waals surface area contributed by atoms with Gasteiger partial charge in [0.1, 0.15) is 5.82 Å². The molecule has 0 aliphatic heterocycles. The van der Waals surface area contributed by atoms with Gasteiger partial charge in [-0.1, -0.05) is 12.1 Å². The molecular weight excluding hydrogens is 294 g/mol. The average Bonchev–Trinajstić information content (AvgIpc) is 2.55. The summed E-state index contributed by atoms with van der Waals surface area (Å²) < 4.78 is 6.23. The van der Waals surface area contributed by atoms with Crippen molar-refractivity contribution >= 4 is 17.1 Å². The van der Waals surface area contributed by atoms with Crippen LogP contribution >= 0.6 is 0 Å². The number of aromatic hydroxyl groups is 1. The molecule has 0 amide bonds. The van der Waals surface area contributed by atoms with Crippen LogP contribution < -0.4 is 10.3 Å². The monoisotopic (exact) mass is 309 g/mol. The number of rotatable bonds is 3. The first-order valence-electron chi connectivity index (χ1n) is 7.00. The largest absolute Gasteiger partial charge is 0.504 e. The lowest BCUT2D eigenvalue weighted by molar-refractivity contribution is 0.373. The number of nitrogens with zero attached hydrogens (tertiary/aromatic N) is 3. The van der Waals surface area contributed by atoms with Gasteiger partial charge in [0, 0.05) is 0 Å². The predicted octanol–water partition coefficient (Wildman–Crippen LogP) is 2.30. The van der Waals surface area contributed by atoms with Crippen LogP contribution in [-0.4, -0.2) is 28.1 Å². The highest BCUT2D eigenvalue weighted by atomic mass is 16.5. The molecule has 0 radical (unpaired) electrons. The first-order valence-corrected chi connectivity index (χ1v) is 7.00. The highest BCUT2D eigenvalue weighted by Crippen LogP contribution is 2.25. The normalized spacial score (nSPS) is 11.2. The Kier molecular flexibility index (Phi) is 3.80. The average molecular weight is 309 g/mol. The van der Waals surface area contributed by atoms with Gasteiger partial charge in [-0.2, -0.15) is 9.78 Å². The quantitative estimate of drug-likeness (QED) is 0.753. The van der Waals surface area contributed by atoms with Crippen molar-refractivity contribution in [3.63, 3.8) is 0 Å². The second-order valence-corrected chi connectivity index (χ2v) is 4.97. The third-order valence-electron chi connectivity index (χ3n) is 3.44. The summed E-state index contributed by atoms with van der Waals surface area (Å²) in [5.41, 5.74) is 1.05. The molecule has 2 aromatic carbocycles. The van der Waals surface area contributed by atoms with Gasteiger partial charge in [-0.25, -0.2) is 4.98 Å². The molecule has 23 heavy (non-hydrogen) atoms. The maximum absolute atomic E-state index is 12.5. The fraction of sp³-hybridized carbons (Fsp3) is 0.118. The van der Waals surface area contributed by atoms with E-state index in [1.807, 2.05) is 6.07 Å². The second-order valence-electron chi connectivity index (χ2n) is 4.97. The van der Waals surface area contributed by atoms with Crippen LogP contribution in [0.2, 0.25) is 0 Å². The van der Waals surface area contributed by atoms with Crippen molar-refractivity contribution < 1.29 is 9.84 Å². The van der Waals surface area contributed by atoms with Crippen molar-refractivity contribution in [2.45, 2.75) is 6.92 Å². The highest BCUT2D eigenvalue weighted by Gasteiger charge is 2.06. The standard InChI is InChI=1S/C17H15N3O3/c1-11-19-14-6-4-3-5-13(14)17(22)20(11)18-10-12-7-8-16(23-2)15(21)9-12/h3-10,21H,1-2H3. The zero-order valence-corrected chi connectivity index (χ0v) is 12.7. The number of methoxy groups -OCH3 is 1. The maximum Gasteiger partial charge on any atom is 0.282 e. The molecule has 1 N–H and O–H groups in total. The fourth-order valence-corrected chi connectivity index (χ4v) is 2.28. The molecule has 0 atom stereocenters. The molecule has 3 aromatic rings. The van der Waals surface area contributed by atoms with E-state index in [0.29, 0.717) is 28.0 Å². The first kappa shape index (κ1) is 14.8. The number of hydrogen-bond acceptors (Lipinski definition) is 5. The SMILES string of the molecule is COc1ccc(C=Nn2c(C)nc3ccccc3c2=O)cc1O. The summed E-state index contributed by atoms with van der Waals surface area (Å²) in [7, 11) is 1.48. The van der Waals surface area contributed by atoms with Gasteiger partial charge in [0.05, 0.1) is 24.2 Å². The summed E-state index contributed by atoms with van der Waals surface area (Å²) in [5.74, 6) is 0.878. The molecule has 0 unspecified atom stereocenters.